The number of nitrogens with zero attached hydrogens (tertiary/aromatic N) is 2. The number of halogens is 1. The highest BCUT2D eigenvalue weighted by Crippen LogP contribution is 2.20. The van der Waals surface area contributed by atoms with Gasteiger partial charge in [-0.3, -0.25) is 9.36 Å². The third kappa shape index (κ3) is 2.10. The van der Waals surface area contributed by atoms with Gasteiger partial charge in [0.2, 0.25) is 0 Å². The summed E-state index contributed by atoms with van der Waals surface area (Å²) in [6.07, 6.45) is 3.05. The second-order valence-corrected chi connectivity index (χ2v) is 5.10. The van der Waals surface area contributed by atoms with Crippen LogP contribution >= 0.6 is 27.3 Å². The van der Waals surface area contributed by atoms with E-state index in [4.69, 9.17) is 0 Å². The second-order valence-electron chi connectivity index (χ2n) is 2.81. The quantitative estimate of drug-likeness (QED) is 0.838. The summed E-state index contributed by atoms with van der Waals surface area (Å²) in [5.41, 5.74) is 1.08. The van der Waals surface area contributed by atoms with Crippen molar-refractivity contribution in [3.05, 3.63) is 49.7 Å². The van der Waals surface area contributed by atoms with Crippen LogP contribution in [0.5, 0.6) is 0 Å². The molecular formula is C9H7BrN2OS. The minimum absolute atomic E-state index is 0.0256. The highest BCUT2D eigenvalue weighted by molar-refractivity contribution is 9.11. The zero-order chi connectivity index (χ0) is 9.97. The van der Waals surface area contributed by atoms with E-state index >= 15 is 0 Å². The molecule has 0 saturated heterocycles. The van der Waals surface area contributed by atoms with E-state index in [1.165, 1.54) is 12.3 Å². The summed E-state index contributed by atoms with van der Waals surface area (Å²) in [6, 6.07) is 3.46. The maximum atomic E-state index is 11.3. The van der Waals surface area contributed by atoms with Crippen molar-refractivity contribution in [3.8, 4) is 0 Å². The normalized spacial score (nSPS) is 10.4. The molecule has 0 unspecified atom stereocenters. The van der Waals surface area contributed by atoms with E-state index in [0.717, 1.165) is 9.35 Å². The van der Waals surface area contributed by atoms with Crippen molar-refractivity contribution in [1.82, 2.24) is 9.55 Å². The molecule has 0 N–H and O–H groups in total. The van der Waals surface area contributed by atoms with Gasteiger partial charge in [0, 0.05) is 12.3 Å². The topological polar surface area (TPSA) is 34.9 Å². The summed E-state index contributed by atoms with van der Waals surface area (Å²) in [4.78, 5) is 15.2. The Morgan fingerprint density at radius 1 is 1.57 bits per heavy atom. The molecule has 0 fully saturated rings. The van der Waals surface area contributed by atoms with E-state index in [0.29, 0.717) is 6.54 Å². The molecule has 0 spiro atoms. The lowest BCUT2D eigenvalue weighted by Crippen LogP contribution is -2.18. The maximum absolute atomic E-state index is 11.3. The zero-order valence-electron chi connectivity index (χ0n) is 7.18. The Hall–Kier alpha value is -0.940. The van der Waals surface area contributed by atoms with Gasteiger partial charge in [-0.1, -0.05) is 0 Å². The highest BCUT2D eigenvalue weighted by atomic mass is 79.9. The van der Waals surface area contributed by atoms with Crippen LogP contribution in [0.1, 0.15) is 5.56 Å². The summed E-state index contributed by atoms with van der Waals surface area (Å²) < 4.78 is 2.65. The van der Waals surface area contributed by atoms with Crippen LogP contribution < -0.4 is 5.56 Å². The second kappa shape index (κ2) is 4.06. The van der Waals surface area contributed by atoms with Crippen LogP contribution in [0.3, 0.4) is 0 Å². The lowest BCUT2D eigenvalue weighted by molar-refractivity contribution is 0.738. The lowest BCUT2D eigenvalue weighted by atomic mass is 10.3. The molecule has 3 nitrogen and oxygen atoms in total. The smallest absolute Gasteiger partial charge is 0.253 e. The summed E-state index contributed by atoms with van der Waals surface area (Å²) in [5.74, 6) is 0. The third-order valence-electron chi connectivity index (χ3n) is 1.77. The summed E-state index contributed by atoms with van der Waals surface area (Å²) in [6.45, 7) is 0.578. The molecule has 0 aromatic carbocycles. The van der Waals surface area contributed by atoms with E-state index in [1.807, 2.05) is 11.4 Å². The average Bonchev–Trinajstić information content (AvgIpc) is 2.56. The fourth-order valence-electron chi connectivity index (χ4n) is 1.12. The van der Waals surface area contributed by atoms with Gasteiger partial charge < -0.3 is 0 Å². The fourth-order valence-corrected chi connectivity index (χ4v) is 2.32. The van der Waals surface area contributed by atoms with Gasteiger partial charge >= 0.3 is 0 Å². The van der Waals surface area contributed by atoms with Gasteiger partial charge in [0.1, 0.15) is 0 Å². The molecule has 2 aromatic heterocycles. The predicted molar refractivity (Wildman–Crippen MR) is 59.6 cm³/mol. The molecular weight excluding hydrogens is 264 g/mol. The first-order chi connectivity index (χ1) is 6.75. The van der Waals surface area contributed by atoms with Gasteiger partial charge in [0.25, 0.3) is 5.56 Å². The predicted octanol–water partition coefficient (Wildman–Crippen LogP) is 2.12. The van der Waals surface area contributed by atoms with Gasteiger partial charge in [-0.05, 0) is 32.9 Å². The Labute approximate surface area is 93.2 Å². The summed E-state index contributed by atoms with van der Waals surface area (Å²) in [5, 5.41) is 2.02. The molecule has 0 saturated carbocycles. The molecule has 0 amide bonds. The Balaban J connectivity index is 2.27. The monoisotopic (exact) mass is 270 g/mol. The van der Waals surface area contributed by atoms with E-state index in [9.17, 15) is 4.79 Å². The van der Waals surface area contributed by atoms with Crippen molar-refractivity contribution in [2.75, 3.05) is 0 Å². The fraction of sp³-hybridized carbons (Fsp3) is 0.111. The Kier molecular flexibility index (Phi) is 2.79. The van der Waals surface area contributed by atoms with Crippen LogP contribution in [-0.2, 0) is 6.54 Å². The van der Waals surface area contributed by atoms with Crippen LogP contribution in [-0.4, -0.2) is 9.55 Å². The van der Waals surface area contributed by atoms with E-state index in [-0.39, 0.29) is 5.56 Å². The molecule has 0 aliphatic carbocycles. The maximum Gasteiger partial charge on any atom is 0.253 e. The molecule has 14 heavy (non-hydrogen) atoms. The molecule has 0 bridgehead atoms. The van der Waals surface area contributed by atoms with Crippen LogP contribution in [0.25, 0.3) is 0 Å². The van der Waals surface area contributed by atoms with Crippen molar-refractivity contribution in [2.24, 2.45) is 0 Å². The number of hydrogen-bond donors (Lipinski definition) is 0. The molecule has 0 aliphatic heterocycles. The number of rotatable bonds is 2. The van der Waals surface area contributed by atoms with Gasteiger partial charge in [0.05, 0.1) is 16.7 Å². The minimum Gasteiger partial charge on any atom is -0.295 e. The van der Waals surface area contributed by atoms with Crippen LogP contribution in [0, 0.1) is 0 Å². The zero-order valence-corrected chi connectivity index (χ0v) is 9.59. The molecule has 2 rings (SSSR count). The molecule has 0 aliphatic rings. The van der Waals surface area contributed by atoms with Gasteiger partial charge in [-0.2, -0.15) is 0 Å². The van der Waals surface area contributed by atoms with Gasteiger partial charge in [-0.15, -0.1) is 11.3 Å². The average molecular weight is 271 g/mol. The van der Waals surface area contributed by atoms with Crippen LogP contribution in [0.4, 0.5) is 0 Å². The molecule has 72 valence electrons. The largest absolute Gasteiger partial charge is 0.295 e. The van der Waals surface area contributed by atoms with Crippen molar-refractivity contribution >= 4 is 27.3 Å². The number of aromatic nitrogens is 2. The minimum atomic E-state index is -0.0256. The van der Waals surface area contributed by atoms with Crippen molar-refractivity contribution < 1.29 is 0 Å². The molecule has 2 heterocycles. The summed E-state index contributed by atoms with van der Waals surface area (Å²) in [7, 11) is 0. The lowest BCUT2D eigenvalue weighted by Gasteiger charge is -2.00. The Morgan fingerprint density at radius 2 is 2.43 bits per heavy atom. The highest BCUT2D eigenvalue weighted by Gasteiger charge is 1.99. The van der Waals surface area contributed by atoms with Crippen LogP contribution in [0.2, 0.25) is 0 Å². The number of hydrogen-bond acceptors (Lipinski definition) is 3. The molecule has 0 radical (unpaired) electrons. The first kappa shape index (κ1) is 9.61. The van der Waals surface area contributed by atoms with Gasteiger partial charge in [0.15, 0.2) is 0 Å². The Morgan fingerprint density at radius 3 is 3.07 bits per heavy atom. The Bertz CT molecular complexity index is 491. The van der Waals surface area contributed by atoms with E-state index < -0.39 is 0 Å². The molecule has 2 aromatic rings. The standard InChI is InChI=1S/C9H7BrN2OS/c10-8-3-7(5-14-8)4-12-6-11-2-1-9(12)13/h1-3,5-6H,4H2. The van der Waals surface area contributed by atoms with Crippen LogP contribution in [0.15, 0.2) is 38.6 Å². The number of thiophene rings is 1. The van der Waals surface area contributed by atoms with E-state index in [2.05, 4.69) is 20.9 Å². The van der Waals surface area contributed by atoms with Crippen molar-refractivity contribution in [1.29, 1.82) is 0 Å². The van der Waals surface area contributed by atoms with Crippen molar-refractivity contribution in [3.63, 3.8) is 0 Å². The first-order valence-corrected chi connectivity index (χ1v) is 5.66. The SMILES string of the molecule is O=c1ccncn1Cc1csc(Br)c1. The first-order valence-electron chi connectivity index (χ1n) is 3.99. The van der Waals surface area contributed by atoms with Crippen molar-refractivity contribution in [2.45, 2.75) is 6.54 Å². The molecule has 0 atom stereocenters. The van der Waals surface area contributed by atoms with E-state index in [1.54, 1.807) is 22.2 Å². The summed E-state index contributed by atoms with van der Waals surface area (Å²) >= 11 is 4.99. The third-order valence-corrected chi connectivity index (χ3v) is 3.32. The van der Waals surface area contributed by atoms with Gasteiger partial charge in [-0.25, -0.2) is 4.98 Å². The molecule has 5 heteroatoms.